The second-order valence-corrected chi connectivity index (χ2v) is 9.48. The summed E-state index contributed by atoms with van der Waals surface area (Å²) in [5.74, 6) is 1.00. The van der Waals surface area contributed by atoms with Gasteiger partial charge < -0.3 is 9.47 Å². The molecule has 4 atom stereocenters. The van der Waals surface area contributed by atoms with Crippen molar-refractivity contribution in [1.82, 2.24) is 0 Å². The van der Waals surface area contributed by atoms with Crippen molar-refractivity contribution in [2.45, 2.75) is 78.4 Å². The molecule has 0 amide bonds. The Morgan fingerprint density at radius 1 is 0.808 bits per heavy atom. The summed E-state index contributed by atoms with van der Waals surface area (Å²) in [5, 5.41) is 0. The predicted molar refractivity (Wildman–Crippen MR) is 114 cm³/mol. The van der Waals surface area contributed by atoms with Gasteiger partial charge in [-0.3, -0.25) is 9.59 Å². The third-order valence-electron chi connectivity index (χ3n) is 5.01. The molecule has 4 nitrogen and oxygen atoms in total. The number of carbonyl (C=O) groups excluding carboxylic acids is 2. The molecule has 6 heteroatoms. The Labute approximate surface area is 168 Å². The van der Waals surface area contributed by atoms with Gasteiger partial charge in [0.1, 0.15) is 11.2 Å². The molecule has 0 aliphatic heterocycles. The van der Waals surface area contributed by atoms with E-state index in [1.807, 2.05) is 54.1 Å². The van der Waals surface area contributed by atoms with Gasteiger partial charge in [0.25, 0.3) is 0 Å². The van der Waals surface area contributed by atoms with E-state index in [4.69, 9.17) is 9.47 Å². The molecule has 26 heavy (non-hydrogen) atoms. The van der Waals surface area contributed by atoms with Gasteiger partial charge in [0.05, 0.1) is 11.8 Å². The van der Waals surface area contributed by atoms with Crippen molar-refractivity contribution < 1.29 is 19.1 Å². The van der Waals surface area contributed by atoms with Crippen LogP contribution in [0.5, 0.6) is 0 Å². The number of thioether (sulfide) groups is 2. The molecule has 0 N–H and O–H groups in total. The monoisotopic (exact) mass is 406 g/mol. The quantitative estimate of drug-likeness (QED) is 0.392. The molecule has 0 fully saturated rings. The molecule has 0 spiro atoms. The van der Waals surface area contributed by atoms with Gasteiger partial charge >= 0.3 is 11.9 Å². The van der Waals surface area contributed by atoms with Crippen LogP contribution >= 0.6 is 23.5 Å². The molecule has 0 aromatic rings. The minimum Gasteiger partial charge on any atom is -0.459 e. The number of esters is 2. The number of hydrogen-bond acceptors (Lipinski definition) is 6. The van der Waals surface area contributed by atoms with Gasteiger partial charge in [0.15, 0.2) is 0 Å². The summed E-state index contributed by atoms with van der Waals surface area (Å²) in [5.41, 5.74) is -1.06. The lowest BCUT2D eigenvalue weighted by Crippen LogP contribution is -2.39. The van der Waals surface area contributed by atoms with Crippen LogP contribution in [0.15, 0.2) is 0 Å². The second kappa shape index (κ2) is 12.2. The van der Waals surface area contributed by atoms with Crippen LogP contribution in [0.1, 0.15) is 67.2 Å². The first-order valence-electron chi connectivity index (χ1n) is 9.50. The highest BCUT2D eigenvalue weighted by atomic mass is 32.2. The largest absolute Gasteiger partial charge is 0.459 e. The van der Waals surface area contributed by atoms with E-state index >= 15 is 0 Å². The number of rotatable bonds is 13. The zero-order valence-electron chi connectivity index (χ0n) is 17.8. The highest BCUT2D eigenvalue weighted by Crippen LogP contribution is 2.31. The summed E-state index contributed by atoms with van der Waals surface area (Å²) >= 11 is 3.29. The summed E-state index contributed by atoms with van der Waals surface area (Å²) in [7, 11) is 0. The van der Waals surface area contributed by atoms with E-state index in [0.717, 1.165) is 24.3 Å². The van der Waals surface area contributed by atoms with Gasteiger partial charge in [-0.2, -0.15) is 23.5 Å². The maximum atomic E-state index is 12.3. The molecular weight excluding hydrogens is 368 g/mol. The number of ether oxygens (including phenoxy) is 2. The Morgan fingerprint density at radius 2 is 1.12 bits per heavy atom. The van der Waals surface area contributed by atoms with E-state index in [0.29, 0.717) is 12.8 Å². The average molecular weight is 407 g/mol. The molecule has 0 saturated carbocycles. The summed E-state index contributed by atoms with van der Waals surface area (Å²) in [6, 6.07) is 0. The Morgan fingerprint density at radius 3 is 1.35 bits per heavy atom. The molecule has 0 radical (unpaired) electrons. The van der Waals surface area contributed by atoms with Crippen molar-refractivity contribution >= 4 is 35.5 Å². The standard InChI is InChI=1S/C20H38O4S2/c1-9-19(5,23-17(21)15(3)13-25-7)11-12-20(6,10-2)24-18(22)16(4)14-26-8/h15-16H,9-14H2,1-8H3. The molecule has 0 rings (SSSR count). The predicted octanol–water partition coefficient (Wildman–Crippen LogP) is 5.19. The Balaban J connectivity index is 4.87. The van der Waals surface area contributed by atoms with Crippen LogP contribution in [0.3, 0.4) is 0 Å². The van der Waals surface area contributed by atoms with E-state index in [2.05, 4.69) is 0 Å². The van der Waals surface area contributed by atoms with E-state index in [1.165, 1.54) is 0 Å². The minimum atomic E-state index is -0.530. The first-order valence-corrected chi connectivity index (χ1v) is 12.3. The fraction of sp³-hybridized carbons (Fsp3) is 0.900. The minimum absolute atomic E-state index is 0.112. The highest BCUT2D eigenvalue weighted by Gasteiger charge is 2.35. The maximum absolute atomic E-state index is 12.3. The van der Waals surface area contributed by atoms with Gasteiger partial charge in [-0.15, -0.1) is 0 Å². The highest BCUT2D eigenvalue weighted by molar-refractivity contribution is 7.98. The van der Waals surface area contributed by atoms with Gasteiger partial charge in [0.2, 0.25) is 0 Å². The Kier molecular flexibility index (Phi) is 12.0. The normalized spacial score (nSPS) is 18.3. The van der Waals surface area contributed by atoms with Crippen LogP contribution in [-0.4, -0.2) is 47.2 Å². The van der Waals surface area contributed by atoms with Gasteiger partial charge in [-0.25, -0.2) is 0 Å². The summed E-state index contributed by atoms with van der Waals surface area (Å²) in [6.45, 7) is 11.8. The zero-order valence-corrected chi connectivity index (χ0v) is 19.5. The summed E-state index contributed by atoms with van der Waals surface area (Å²) in [4.78, 5) is 24.6. The molecule has 0 saturated heterocycles. The molecule has 154 valence electrons. The van der Waals surface area contributed by atoms with Crippen molar-refractivity contribution in [2.24, 2.45) is 11.8 Å². The smallest absolute Gasteiger partial charge is 0.310 e. The Hall–Kier alpha value is -0.360. The summed E-state index contributed by atoms with van der Waals surface area (Å²) in [6.07, 6.45) is 6.80. The Bertz CT molecular complexity index is 404. The van der Waals surface area contributed by atoms with Crippen LogP contribution in [0.25, 0.3) is 0 Å². The van der Waals surface area contributed by atoms with E-state index in [1.54, 1.807) is 23.5 Å². The average Bonchev–Trinajstić information content (AvgIpc) is 2.60. The molecule has 0 bridgehead atoms. The SMILES string of the molecule is CCC(C)(CCC(C)(CC)OC(=O)C(C)CSC)OC(=O)C(C)CSC. The van der Waals surface area contributed by atoms with Crippen molar-refractivity contribution in [1.29, 1.82) is 0 Å². The third kappa shape index (κ3) is 9.03. The molecule has 0 heterocycles. The fourth-order valence-electron chi connectivity index (χ4n) is 2.45. The number of hydrogen-bond donors (Lipinski definition) is 0. The molecule has 0 aromatic carbocycles. The van der Waals surface area contributed by atoms with Crippen LogP contribution in [0, 0.1) is 11.8 Å². The second-order valence-electron chi connectivity index (χ2n) is 7.66. The molecule has 0 aliphatic rings. The van der Waals surface area contributed by atoms with Crippen LogP contribution in [0.2, 0.25) is 0 Å². The third-order valence-corrected chi connectivity index (χ3v) is 6.68. The lowest BCUT2D eigenvalue weighted by molar-refractivity contribution is -0.170. The van der Waals surface area contributed by atoms with Gasteiger partial charge in [-0.05, 0) is 52.0 Å². The maximum Gasteiger partial charge on any atom is 0.310 e. The number of carbonyl (C=O) groups is 2. The topological polar surface area (TPSA) is 52.6 Å². The molecule has 0 aliphatic carbocycles. The lowest BCUT2D eigenvalue weighted by atomic mass is 9.88. The van der Waals surface area contributed by atoms with E-state index in [-0.39, 0.29) is 23.8 Å². The first-order chi connectivity index (χ1) is 12.1. The molecule has 4 unspecified atom stereocenters. The molecule has 0 aromatic heterocycles. The van der Waals surface area contributed by atoms with Crippen LogP contribution in [0.4, 0.5) is 0 Å². The van der Waals surface area contributed by atoms with Crippen molar-refractivity contribution in [3.63, 3.8) is 0 Å². The van der Waals surface area contributed by atoms with E-state index < -0.39 is 11.2 Å². The summed E-state index contributed by atoms with van der Waals surface area (Å²) < 4.78 is 11.7. The van der Waals surface area contributed by atoms with Crippen LogP contribution < -0.4 is 0 Å². The van der Waals surface area contributed by atoms with E-state index in [9.17, 15) is 9.59 Å². The van der Waals surface area contributed by atoms with Crippen molar-refractivity contribution in [3.05, 3.63) is 0 Å². The van der Waals surface area contributed by atoms with Crippen molar-refractivity contribution in [2.75, 3.05) is 24.0 Å². The van der Waals surface area contributed by atoms with Gasteiger partial charge in [-0.1, -0.05) is 27.7 Å². The lowest BCUT2D eigenvalue weighted by Gasteiger charge is -2.35. The first kappa shape index (κ1) is 25.6. The zero-order chi connectivity index (χ0) is 20.4. The van der Waals surface area contributed by atoms with Crippen LogP contribution in [-0.2, 0) is 19.1 Å². The van der Waals surface area contributed by atoms with Gasteiger partial charge in [0, 0.05) is 11.5 Å². The fourth-order valence-corrected chi connectivity index (χ4v) is 3.72. The van der Waals surface area contributed by atoms with Crippen molar-refractivity contribution in [3.8, 4) is 0 Å². The molecular formula is C20H38O4S2.